The van der Waals surface area contributed by atoms with E-state index in [1.807, 2.05) is 18.2 Å². The Balaban J connectivity index is 1.28. The van der Waals surface area contributed by atoms with Crippen LogP contribution in [0.1, 0.15) is 26.5 Å². The van der Waals surface area contributed by atoms with Crippen LogP contribution in [0.25, 0.3) is 10.8 Å². The van der Waals surface area contributed by atoms with Crippen LogP contribution in [0.15, 0.2) is 47.4 Å². The van der Waals surface area contributed by atoms with Crippen molar-refractivity contribution in [1.29, 1.82) is 0 Å². The molecule has 2 aliphatic heterocycles. The van der Waals surface area contributed by atoms with E-state index in [4.69, 9.17) is 11.6 Å². The van der Waals surface area contributed by atoms with Crippen LogP contribution in [-0.2, 0) is 23.0 Å². The number of hydrogen-bond acceptors (Lipinski definition) is 5. The summed E-state index contributed by atoms with van der Waals surface area (Å²) in [6.45, 7) is 2.40. The molecule has 1 amide bonds. The first kappa shape index (κ1) is 20.9. The normalized spacial score (nSPS) is 19.5. The molecular weight excluding hydrogens is 454 g/mol. The van der Waals surface area contributed by atoms with Gasteiger partial charge < -0.3 is 10.6 Å². The lowest BCUT2D eigenvalue weighted by Gasteiger charge is -2.17. The van der Waals surface area contributed by atoms with Crippen molar-refractivity contribution >= 4 is 49.6 Å². The van der Waals surface area contributed by atoms with Gasteiger partial charge in [-0.05, 0) is 59.5 Å². The Kier molecular flexibility index (Phi) is 5.52. The van der Waals surface area contributed by atoms with Crippen LogP contribution in [0.5, 0.6) is 0 Å². The molecule has 3 aromatic rings. The summed E-state index contributed by atoms with van der Waals surface area (Å²) in [6, 6.07) is 12.2. The quantitative estimate of drug-likeness (QED) is 0.606. The van der Waals surface area contributed by atoms with Crippen molar-refractivity contribution in [1.82, 2.24) is 14.9 Å². The number of fused-ring (bicyclic) bond motifs is 2. The molecule has 2 aliphatic rings. The number of amides is 1. The van der Waals surface area contributed by atoms with Gasteiger partial charge in [0.2, 0.25) is 10.0 Å². The molecule has 0 saturated carbocycles. The van der Waals surface area contributed by atoms with E-state index in [0.717, 1.165) is 30.3 Å². The molecule has 2 aromatic carbocycles. The van der Waals surface area contributed by atoms with Gasteiger partial charge in [0.25, 0.3) is 5.91 Å². The summed E-state index contributed by atoms with van der Waals surface area (Å²) in [5.74, 6) is -0.119. The molecule has 0 bridgehead atoms. The van der Waals surface area contributed by atoms with Crippen molar-refractivity contribution in [3.63, 3.8) is 0 Å². The van der Waals surface area contributed by atoms with Crippen LogP contribution in [0.3, 0.4) is 0 Å². The third kappa shape index (κ3) is 4.10. The van der Waals surface area contributed by atoms with Crippen LogP contribution in [0, 0.1) is 0 Å². The number of thiophene rings is 1. The average molecular weight is 476 g/mol. The lowest BCUT2D eigenvalue weighted by atomic mass is 10.1. The van der Waals surface area contributed by atoms with Gasteiger partial charge in [-0.2, -0.15) is 4.31 Å². The Labute approximate surface area is 190 Å². The average Bonchev–Trinajstić information content (AvgIpc) is 3.40. The molecule has 2 N–H and O–H groups in total. The van der Waals surface area contributed by atoms with Gasteiger partial charge in [0.05, 0.1) is 9.77 Å². The molecule has 31 heavy (non-hydrogen) atoms. The van der Waals surface area contributed by atoms with Crippen molar-refractivity contribution < 1.29 is 13.2 Å². The topological polar surface area (TPSA) is 78.5 Å². The van der Waals surface area contributed by atoms with Crippen molar-refractivity contribution in [2.24, 2.45) is 0 Å². The Morgan fingerprint density at radius 3 is 2.81 bits per heavy atom. The first-order valence-electron chi connectivity index (χ1n) is 10.2. The van der Waals surface area contributed by atoms with Crippen LogP contribution >= 0.6 is 22.9 Å². The molecule has 0 unspecified atom stereocenters. The molecule has 5 rings (SSSR count). The summed E-state index contributed by atoms with van der Waals surface area (Å²) < 4.78 is 27.8. The predicted octanol–water partition coefficient (Wildman–Crippen LogP) is 3.39. The van der Waals surface area contributed by atoms with Crippen LogP contribution in [0.4, 0.5) is 0 Å². The molecule has 1 saturated heterocycles. The molecule has 0 radical (unpaired) electrons. The summed E-state index contributed by atoms with van der Waals surface area (Å²) in [6.07, 6.45) is 1.54. The first-order valence-corrected chi connectivity index (χ1v) is 12.9. The van der Waals surface area contributed by atoms with E-state index >= 15 is 0 Å². The Hall–Kier alpha value is -1.97. The van der Waals surface area contributed by atoms with Crippen molar-refractivity contribution in [2.75, 3.05) is 19.6 Å². The fraction of sp³-hybridized carbons (Fsp3) is 0.318. The summed E-state index contributed by atoms with van der Waals surface area (Å²) in [7, 11) is -3.63. The third-order valence-electron chi connectivity index (χ3n) is 5.86. The Bertz CT molecular complexity index is 1250. The van der Waals surface area contributed by atoms with E-state index in [2.05, 4.69) is 10.6 Å². The number of nitrogens with one attached hydrogen (secondary N) is 2. The van der Waals surface area contributed by atoms with Gasteiger partial charge in [0.15, 0.2) is 0 Å². The molecule has 162 valence electrons. The number of carbonyl (C=O) groups is 1. The lowest BCUT2D eigenvalue weighted by molar-refractivity contribution is 0.0943. The number of halogens is 1. The molecule has 1 aromatic heterocycles. The smallest absolute Gasteiger partial charge is 0.261 e. The Morgan fingerprint density at radius 2 is 1.97 bits per heavy atom. The minimum Gasteiger partial charge on any atom is -0.347 e. The number of carbonyl (C=O) groups excluding carboxylic acids is 1. The zero-order valence-electron chi connectivity index (χ0n) is 16.7. The maximum atomic E-state index is 13.2. The van der Waals surface area contributed by atoms with Gasteiger partial charge in [-0.1, -0.05) is 23.7 Å². The number of rotatable bonds is 4. The van der Waals surface area contributed by atoms with Gasteiger partial charge in [-0.25, -0.2) is 8.42 Å². The molecule has 1 atom stereocenters. The fourth-order valence-electron chi connectivity index (χ4n) is 4.19. The summed E-state index contributed by atoms with van der Waals surface area (Å²) in [5, 5.41) is 8.67. The van der Waals surface area contributed by atoms with Crippen molar-refractivity contribution in [3.8, 4) is 0 Å². The lowest BCUT2D eigenvalue weighted by Crippen LogP contribution is -2.38. The maximum Gasteiger partial charge on any atom is 0.261 e. The summed E-state index contributed by atoms with van der Waals surface area (Å²) >= 11 is 7.56. The molecule has 0 spiro atoms. The van der Waals surface area contributed by atoms with Gasteiger partial charge >= 0.3 is 0 Å². The molecular formula is C22H22ClN3O3S2. The van der Waals surface area contributed by atoms with Gasteiger partial charge in [0.1, 0.15) is 0 Å². The zero-order chi connectivity index (χ0) is 21.6. The second kappa shape index (κ2) is 8.18. The first-order chi connectivity index (χ1) is 14.9. The molecule has 0 aliphatic carbocycles. The van der Waals surface area contributed by atoms with Gasteiger partial charge in [-0.3, -0.25) is 4.79 Å². The third-order valence-corrected chi connectivity index (χ3v) is 9.19. The van der Waals surface area contributed by atoms with E-state index in [0.29, 0.717) is 22.9 Å². The van der Waals surface area contributed by atoms with E-state index < -0.39 is 10.0 Å². The Morgan fingerprint density at radius 1 is 1.16 bits per heavy atom. The zero-order valence-corrected chi connectivity index (χ0v) is 19.1. The number of hydrogen-bond donors (Lipinski definition) is 2. The standard InChI is InChI=1S/C22H22ClN3O3S2/c23-17-3-1-15-10-19(4-2-14(15)9-17)31(28,29)26-8-6-18(13-26)25-22(27)21-11-16-12-24-7-5-20(16)30-21/h1-4,9-11,18,24H,5-8,12-13H2,(H,25,27)/t18-/m0/s1. The van der Waals surface area contributed by atoms with E-state index in [9.17, 15) is 13.2 Å². The highest BCUT2D eigenvalue weighted by atomic mass is 35.5. The van der Waals surface area contributed by atoms with Crippen molar-refractivity contribution in [3.05, 3.63) is 62.8 Å². The van der Waals surface area contributed by atoms with Gasteiger partial charge in [-0.15, -0.1) is 11.3 Å². The summed E-state index contributed by atoms with van der Waals surface area (Å²) in [5.41, 5.74) is 1.19. The van der Waals surface area contributed by atoms with Gasteiger partial charge in [0, 0.05) is 42.1 Å². The van der Waals surface area contributed by atoms with Crippen molar-refractivity contribution in [2.45, 2.75) is 30.3 Å². The minimum absolute atomic E-state index is 0.119. The van der Waals surface area contributed by atoms with E-state index in [1.165, 1.54) is 26.1 Å². The summed E-state index contributed by atoms with van der Waals surface area (Å²) in [4.78, 5) is 14.9. The van der Waals surface area contributed by atoms with Crippen LogP contribution in [-0.4, -0.2) is 44.3 Å². The molecule has 1 fully saturated rings. The van der Waals surface area contributed by atoms with Crippen LogP contribution in [0.2, 0.25) is 5.02 Å². The predicted molar refractivity (Wildman–Crippen MR) is 123 cm³/mol. The monoisotopic (exact) mass is 475 g/mol. The fourth-order valence-corrected chi connectivity index (χ4v) is 6.99. The number of benzene rings is 2. The molecule has 6 nitrogen and oxygen atoms in total. The second-order valence-electron chi connectivity index (χ2n) is 7.96. The van der Waals surface area contributed by atoms with E-state index in [1.54, 1.807) is 24.3 Å². The highest BCUT2D eigenvalue weighted by Gasteiger charge is 2.33. The molecule has 9 heteroatoms. The minimum atomic E-state index is -3.63. The highest BCUT2D eigenvalue weighted by molar-refractivity contribution is 7.89. The number of nitrogens with zero attached hydrogens (tertiary/aromatic N) is 1. The van der Waals surface area contributed by atoms with E-state index in [-0.39, 0.29) is 23.4 Å². The highest BCUT2D eigenvalue weighted by Crippen LogP contribution is 2.28. The SMILES string of the molecule is O=C(N[C@H]1CCN(S(=O)(=O)c2ccc3cc(Cl)ccc3c2)C1)c1cc2c(s1)CCNC2. The number of sulfonamides is 1. The second-order valence-corrected chi connectivity index (χ2v) is 11.5. The van der Waals surface area contributed by atoms with Crippen LogP contribution < -0.4 is 10.6 Å². The largest absolute Gasteiger partial charge is 0.347 e. The molecule has 3 heterocycles. The maximum absolute atomic E-state index is 13.2.